The van der Waals surface area contributed by atoms with Crippen molar-refractivity contribution >= 4 is 15.9 Å². The molecule has 2 aromatic rings. The van der Waals surface area contributed by atoms with E-state index in [0.717, 1.165) is 18.4 Å². The Morgan fingerprint density at radius 3 is 2.06 bits per heavy atom. The van der Waals surface area contributed by atoms with Crippen molar-refractivity contribution in [2.45, 2.75) is 17.7 Å². The summed E-state index contributed by atoms with van der Waals surface area (Å²) in [5, 5.41) is 0. The first-order chi connectivity index (χ1) is 8.74. The van der Waals surface area contributed by atoms with Gasteiger partial charge in [0, 0.05) is 4.83 Å². The summed E-state index contributed by atoms with van der Waals surface area (Å²) in [4.78, 5) is 0.297. The molecule has 1 aliphatic rings. The van der Waals surface area contributed by atoms with Gasteiger partial charge in [-0.3, -0.25) is 0 Å². The molecule has 1 unspecified atom stereocenters. The average Bonchev–Trinajstić information content (AvgIpc) is 2.82. The molecule has 3 rings (SSSR count). The van der Waals surface area contributed by atoms with E-state index in [2.05, 4.69) is 40.2 Å². The van der Waals surface area contributed by atoms with Crippen LogP contribution in [-0.4, -0.2) is 0 Å². The van der Waals surface area contributed by atoms with Crippen LogP contribution in [0, 0.1) is 11.7 Å². The highest BCUT2D eigenvalue weighted by molar-refractivity contribution is 9.09. The SMILES string of the molecule is Fc1ccc(C(Br)C2Cc3ccccc3C2)cc1. The Balaban J connectivity index is 1.80. The molecule has 1 atom stereocenters. The van der Waals surface area contributed by atoms with E-state index in [0.29, 0.717) is 10.7 Å². The first kappa shape index (κ1) is 11.9. The molecule has 0 amide bonds. The number of fused-ring (bicyclic) bond motifs is 1. The zero-order chi connectivity index (χ0) is 12.5. The number of hydrogen-bond acceptors (Lipinski definition) is 0. The van der Waals surface area contributed by atoms with Gasteiger partial charge in [-0.15, -0.1) is 0 Å². The molecule has 0 fully saturated rings. The van der Waals surface area contributed by atoms with Gasteiger partial charge < -0.3 is 0 Å². The highest BCUT2D eigenvalue weighted by Gasteiger charge is 2.27. The molecule has 0 spiro atoms. The van der Waals surface area contributed by atoms with Gasteiger partial charge in [0.15, 0.2) is 0 Å². The highest BCUT2D eigenvalue weighted by Crippen LogP contribution is 2.40. The predicted molar refractivity (Wildman–Crippen MR) is 75.4 cm³/mol. The van der Waals surface area contributed by atoms with Gasteiger partial charge in [0.25, 0.3) is 0 Å². The summed E-state index contributed by atoms with van der Waals surface area (Å²) >= 11 is 3.77. The number of rotatable bonds is 2. The zero-order valence-corrected chi connectivity index (χ0v) is 11.5. The Hall–Kier alpha value is -1.15. The zero-order valence-electron chi connectivity index (χ0n) is 9.94. The second-order valence-corrected chi connectivity index (χ2v) is 5.88. The van der Waals surface area contributed by atoms with Gasteiger partial charge >= 0.3 is 0 Å². The summed E-state index contributed by atoms with van der Waals surface area (Å²) in [7, 11) is 0. The monoisotopic (exact) mass is 304 g/mol. The van der Waals surface area contributed by atoms with E-state index in [4.69, 9.17) is 0 Å². The van der Waals surface area contributed by atoms with Crippen LogP contribution in [0.4, 0.5) is 4.39 Å². The molecule has 0 saturated carbocycles. The number of alkyl halides is 1. The number of halogens is 2. The average molecular weight is 305 g/mol. The van der Waals surface area contributed by atoms with Crippen LogP contribution in [0.5, 0.6) is 0 Å². The van der Waals surface area contributed by atoms with Gasteiger partial charge in [-0.25, -0.2) is 4.39 Å². The molecule has 0 radical (unpaired) electrons. The smallest absolute Gasteiger partial charge is 0.123 e. The summed E-state index contributed by atoms with van der Waals surface area (Å²) in [5.41, 5.74) is 4.07. The van der Waals surface area contributed by atoms with Crippen molar-refractivity contribution in [2.24, 2.45) is 5.92 Å². The summed E-state index contributed by atoms with van der Waals surface area (Å²) in [5.74, 6) is 0.390. The fourth-order valence-corrected chi connectivity index (χ4v) is 3.40. The first-order valence-electron chi connectivity index (χ1n) is 6.20. The molecular weight excluding hydrogens is 291 g/mol. The van der Waals surface area contributed by atoms with E-state index < -0.39 is 0 Å². The Bertz CT molecular complexity index is 522. The molecule has 2 heteroatoms. The van der Waals surface area contributed by atoms with E-state index in [-0.39, 0.29) is 5.82 Å². The fourth-order valence-electron chi connectivity index (χ4n) is 2.72. The summed E-state index contributed by atoms with van der Waals surface area (Å²) < 4.78 is 12.9. The van der Waals surface area contributed by atoms with E-state index in [1.165, 1.54) is 23.3 Å². The molecule has 0 aromatic heterocycles. The Morgan fingerprint density at radius 2 is 1.50 bits per heavy atom. The molecule has 0 saturated heterocycles. The van der Waals surface area contributed by atoms with Crippen LogP contribution in [0.3, 0.4) is 0 Å². The van der Waals surface area contributed by atoms with Gasteiger partial charge in [-0.1, -0.05) is 52.3 Å². The van der Waals surface area contributed by atoms with Gasteiger partial charge in [0.1, 0.15) is 5.82 Å². The van der Waals surface area contributed by atoms with Crippen LogP contribution >= 0.6 is 15.9 Å². The van der Waals surface area contributed by atoms with Crippen LogP contribution in [0.15, 0.2) is 48.5 Å². The minimum Gasteiger partial charge on any atom is -0.207 e. The molecular formula is C16H14BrF. The maximum Gasteiger partial charge on any atom is 0.123 e. The molecule has 0 N–H and O–H groups in total. The van der Waals surface area contributed by atoms with E-state index in [1.807, 2.05) is 12.1 Å². The van der Waals surface area contributed by atoms with E-state index >= 15 is 0 Å². The molecule has 0 aliphatic heterocycles. The van der Waals surface area contributed by atoms with Crippen molar-refractivity contribution < 1.29 is 4.39 Å². The second kappa shape index (κ2) is 4.85. The maximum absolute atomic E-state index is 12.9. The summed E-state index contributed by atoms with van der Waals surface area (Å²) in [6.45, 7) is 0. The minimum atomic E-state index is -0.173. The number of hydrogen-bond donors (Lipinski definition) is 0. The van der Waals surface area contributed by atoms with Gasteiger partial charge in [0.05, 0.1) is 0 Å². The quantitative estimate of drug-likeness (QED) is 0.707. The van der Waals surface area contributed by atoms with Crippen LogP contribution in [0.25, 0.3) is 0 Å². The topological polar surface area (TPSA) is 0 Å². The molecule has 0 nitrogen and oxygen atoms in total. The molecule has 0 bridgehead atoms. The minimum absolute atomic E-state index is 0.173. The molecule has 0 heterocycles. The maximum atomic E-state index is 12.9. The lowest BCUT2D eigenvalue weighted by Gasteiger charge is -2.17. The Morgan fingerprint density at radius 1 is 0.944 bits per heavy atom. The van der Waals surface area contributed by atoms with Gasteiger partial charge in [0.2, 0.25) is 0 Å². The highest BCUT2D eigenvalue weighted by atomic mass is 79.9. The van der Waals surface area contributed by atoms with Crippen molar-refractivity contribution in [3.8, 4) is 0 Å². The third-order valence-corrected chi connectivity index (χ3v) is 4.96. The van der Waals surface area contributed by atoms with E-state index in [1.54, 1.807) is 0 Å². The molecule has 18 heavy (non-hydrogen) atoms. The Labute approximate surface area is 115 Å². The lowest BCUT2D eigenvalue weighted by Crippen LogP contribution is -2.07. The van der Waals surface area contributed by atoms with Gasteiger partial charge in [-0.2, -0.15) is 0 Å². The Kier molecular flexibility index (Phi) is 3.21. The first-order valence-corrected chi connectivity index (χ1v) is 7.12. The van der Waals surface area contributed by atoms with Crippen molar-refractivity contribution in [1.82, 2.24) is 0 Å². The van der Waals surface area contributed by atoms with Crippen LogP contribution in [0.2, 0.25) is 0 Å². The lowest BCUT2D eigenvalue weighted by molar-refractivity contribution is 0.553. The summed E-state index contributed by atoms with van der Waals surface area (Å²) in [6, 6.07) is 15.4. The number of benzene rings is 2. The lowest BCUT2D eigenvalue weighted by atomic mass is 9.96. The summed E-state index contributed by atoms with van der Waals surface area (Å²) in [6.07, 6.45) is 2.20. The third kappa shape index (κ3) is 2.22. The fraction of sp³-hybridized carbons (Fsp3) is 0.250. The van der Waals surface area contributed by atoms with Crippen molar-refractivity contribution in [2.75, 3.05) is 0 Å². The van der Waals surface area contributed by atoms with Crippen molar-refractivity contribution in [3.05, 3.63) is 71.0 Å². The van der Waals surface area contributed by atoms with Crippen LogP contribution in [0.1, 0.15) is 21.5 Å². The normalized spacial score (nSPS) is 16.6. The van der Waals surface area contributed by atoms with E-state index in [9.17, 15) is 4.39 Å². The molecule has 2 aromatic carbocycles. The second-order valence-electron chi connectivity index (χ2n) is 4.89. The van der Waals surface area contributed by atoms with Crippen LogP contribution < -0.4 is 0 Å². The van der Waals surface area contributed by atoms with Crippen molar-refractivity contribution in [3.63, 3.8) is 0 Å². The predicted octanol–water partition coefficient (Wildman–Crippen LogP) is 4.68. The van der Waals surface area contributed by atoms with Crippen LogP contribution in [-0.2, 0) is 12.8 Å². The van der Waals surface area contributed by atoms with Crippen molar-refractivity contribution in [1.29, 1.82) is 0 Å². The van der Waals surface area contributed by atoms with Gasteiger partial charge in [-0.05, 0) is 47.6 Å². The molecule has 92 valence electrons. The molecule has 1 aliphatic carbocycles. The standard InChI is InChI=1S/C16H14BrF/c17-16(11-5-7-15(18)8-6-11)14-9-12-3-1-2-4-13(12)10-14/h1-8,14,16H,9-10H2. The third-order valence-electron chi connectivity index (χ3n) is 3.68. The largest absolute Gasteiger partial charge is 0.207 e.